The fourth-order valence-electron chi connectivity index (χ4n) is 8.79. The zero-order valence-electron chi connectivity index (χ0n) is 25.0. The number of ketones is 1. The fraction of sp³-hybridized carbons (Fsp3) is 0.686. The van der Waals surface area contributed by atoms with Crippen LogP contribution in [0.5, 0.6) is 0 Å². The molecule has 4 aliphatic carbocycles. The maximum absolute atomic E-state index is 12.4. The third-order valence-electron chi connectivity index (χ3n) is 11.0. The summed E-state index contributed by atoms with van der Waals surface area (Å²) in [7, 11) is 2.16. The molecule has 0 aliphatic heterocycles. The lowest BCUT2D eigenvalue weighted by Crippen LogP contribution is -2.55. The molecule has 4 aliphatic rings. The van der Waals surface area contributed by atoms with Crippen molar-refractivity contribution in [3.63, 3.8) is 0 Å². The van der Waals surface area contributed by atoms with Gasteiger partial charge in [-0.1, -0.05) is 43.4 Å². The smallest absolute Gasteiger partial charge is 0.155 e. The highest BCUT2D eigenvalue weighted by atomic mass is 16.3. The topological polar surface area (TPSA) is 40.5 Å². The molecule has 38 heavy (non-hydrogen) atoms. The van der Waals surface area contributed by atoms with Crippen LogP contribution in [0, 0.1) is 52.3 Å². The lowest BCUT2D eigenvalue weighted by atomic mass is 9.46. The Balaban J connectivity index is 1.60. The first-order chi connectivity index (χ1) is 17.7. The van der Waals surface area contributed by atoms with Crippen LogP contribution in [0.15, 0.2) is 35.9 Å². The van der Waals surface area contributed by atoms with Crippen molar-refractivity contribution in [2.24, 2.45) is 40.4 Å². The lowest BCUT2D eigenvalue weighted by molar-refractivity contribution is -0.117. The normalized spacial score (nSPS) is 38.5. The molecule has 0 spiro atoms. The largest absolute Gasteiger partial charge is 0.377 e. The minimum Gasteiger partial charge on any atom is -0.377 e. The van der Waals surface area contributed by atoms with Gasteiger partial charge < -0.3 is 10.0 Å². The Kier molecular flexibility index (Phi) is 6.91. The van der Waals surface area contributed by atoms with Crippen molar-refractivity contribution in [1.82, 2.24) is 0 Å². The van der Waals surface area contributed by atoms with Gasteiger partial charge in [-0.3, -0.25) is 4.79 Å². The van der Waals surface area contributed by atoms with Crippen LogP contribution in [-0.2, 0) is 4.79 Å². The highest BCUT2D eigenvalue weighted by molar-refractivity contribution is 5.91. The molecule has 1 unspecified atom stereocenters. The fourth-order valence-corrected chi connectivity index (χ4v) is 8.79. The van der Waals surface area contributed by atoms with Crippen LogP contribution in [0.4, 0.5) is 5.69 Å². The first kappa shape index (κ1) is 27.5. The number of allylic oxidation sites excluding steroid dienone is 1. The van der Waals surface area contributed by atoms with Gasteiger partial charge in [-0.05, 0) is 126 Å². The van der Waals surface area contributed by atoms with Crippen molar-refractivity contribution in [3.05, 3.63) is 41.5 Å². The van der Waals surface area contributed by atoms with E-state index < -0.39 is 5.60 Å². The van der Waals surface area contributed by atoms with E-state index in [0.29, 0.717) is 47.8 Å². The molecule has 3 saturated carbocycles. The van der Waals surface area contributed by atoms with Crippen molar-refractivity contribution >= 4 is 11.5 Å². The van der Waals surface area contributed by atoms with Crippen LogP contribution < -0.4 is 4.90 Å². The molecule has 3 fully saturated rings. The number of nitrogens with zero attached hydrogens (tertiary/aromatic N) is 1. The van der Waals surface area contributed by atoms with Crippen LogP contribution in [0.3, 0.4) is 0 Å². The summed E-state index contributed by atoms with van der Waals surface area (Å²) in [6.07, 6.45) is 7.83. The van der Waals surface area contributed by atoms with Gasteiger partial charge >= 0.3 is 0 Å². The molecule has 0 bridgehead atoms. The van der Waals surface area contributed by atoms with Gasteiger partial charge in [-0.2, -0.15) is 0 Å². The van der Waals surface area contributed by atoms with Gasteiger partial charge in [0.2, 0.25) is 0 Å². The standard InChI is InChI=1S/C35H49NO2/c1-22(2)36(8)26-12-9-24(10-13-26)30-21-34(7)31(19-23(3)35(34,38)18-17-33(4,5)6)29-15-11-25-20-27(37)14-16-28(25)32(29)30/h9-10,12-13,20,22-23,28-32,38H,11,14-16,19,21H2,1-8H3/t23?,28-,29-,30+,31-,32+,34-,35-/m0/s1. The Bertz CT molecular complexity index is 1160. The molecule has 0 heterocycles. The molecular formula is C35H49NO2. The van der Waals surface area contributed by atoms with Crippen LogP contribution in [-0.4, -0.2) is 29.6 Å². The predicted octanol–water partition coefficient (Wildman–Crippen LogP) is 7.39. The average molecular weight is 516 g/mol. The van der Waals surface area contributed by atoms with Crippen LogP contribution >= 0.6 is 0 Å². The first-order valence-electron chi connectivity index (χ1n) is 15.1. The van der Waals surface area contributed by atoms with E-state index in [9.17, 15) is 9.90 Å². The number of anilines is 1. The Hall–Kier alpha value is -2.05. The summed E-state index contributed by atoms with van der Waals surface area (Å²) in [6.45, 7) is 15.4. The van der Waals surface area contributed by atoms with E-state index in [0.717, 1.165) is 32.1 Å². The third-order valence-corrected chi connectivity index (χ3v) is 11.0. The van der Waals surface area contributed by atoms with Gasteiger partial charge in [-0.15, -0.1) is 0 Å². The molecule has 0 aromatic heterocycles. The predicted molar refractivity (Wildman–Crippen MR) is 157 cm³/mol. The quantitative estimate of drug-likeness (QED) is 0.427. The second kappa shape index (κ2) is 9.55. The molecule has 3 heteroatoms. The molecular weight excluding hydrogens is 466 g/mol. The highest BCUT2D eigenvalue weighted by Crippen LogP contribution is 2.69. The third kappa shape index (κ3) is 4.46. The summed E-state index contributed by atoms with van der Waals surface area (Å²) in [5, 5.41) is 12.4. The van der Waals surface area contributed by atoms with Crippen LogP contribution in [0.25, 0.3) is 0 Å². The Morgan fingerprint density at radius 1 is 1.08 bits per heavy atom. The van der Waals surface area contributed by atoms with Gasteiger partial charge in [0, 0.05) is 36.0 Å². The minimum absolute atomic E-state index is 0.141. The van der Waals surface area contributed by atoms with E-state index >= 15 is 0 Å². The number of carbonyl (C=O) groups excluding carboxylic acids is 1. The first-order valence-corrected chi connectivity index (χ1v) is 15.1. The summed E-state index contributed by atoms with van der Waals surface area (Å²) in [5.74, 6) is 9.80. The van der Waals surface area contributed by atoms with Gasteiger partial charge in [0.1, 0.15) is 5.60 Å². The molecule has 0 radical (unpaired) electrons. The van der Waals surface area contributed by atoms with Crippen LogP contribution in [0.1, 0.15) is 98.5 Å². The molecule has 1 aromatic rings. The molecule has 0 saturated heterocycles. The number of aliphatic hydroxyl groups is 1. The van der Waals surface area contributed by atoms with Crippen molar-refractivity contribution in [1.29, 1.82) is 0 Å². The average Bonchev–Trinajstić information content (AvgIpc) is 3.06. The zero-order valence-corrected chi connectivity index (χ0v) is 25.0. The lowest BCUT2D eigenvalue weighted by Gasteiger charge is -2.58. The van der Waals surface area contributed by atoms with E-state index in [1.165, 1.54) is 16.8 Å². The number of rotatable bonds is 3. The second-order valence-corrected chi connectivity index (χ2v) is 14.6. The Morgan fingerprint density at radius 2 is 1.76 bits per heavy atom. The summed E-state index contributed by atoms with van der Waals surface area (Å²) in [6, 6.07) is 9.71. The van der Waals surface area contributed by atoms with Crippen molar-refractivity contribution in [2.45, 2.75) is 105 Å². The SMILES string of the molecule is CC(C)N(C)c1ccc([C@H]2C[C@@]3(C)[C@@H](CC(C)[C@@]3(O)C#CC(C)(C)C)[C@@H]3CCC4=CC(=O)CC[C@@H]4[C@H]32)cc1. The summed E-state index contributed by atoms with van der Waals surface area (Å²) in [4.78, 5) is 14.7. The second-order valence-electron chi connectivity index (χ2n) is 14.6. The number of fused-ring (bicyclic) bond motifs is 5. The molecule has 8 atom stereocenters. The van der Waals surface area contributed by atoms with E-state index in [4.69, 9.17) is 0 Å². The van der Waals surface area contributed by atoms with Gasteiger partial charge in [0.15, 0.2) is 5.78 Å². The molecule has 0 amide bonds. The van der Waals surface area contributed by atoms with E-state index in [2.05, 4.69) is 96.5 Å². The van der Waals surface area contributed by atoms with Gasteiger partial charge in [-0.25, -0.2) is 0 Å². The number of benzene rings is 1. The molecule has 5 rings (SSSR count). The zero-order chi connectivity index (χ0) is 27.6. The summed E-state index contributed by atoms with van der Waals surface area (Å²) < 4.78 is 0. The van der Waals surface area contributed by atoms with Gasteiger partial charge in [0.25, 0.3) is 0 Å². The van der Waals surface area contributed by atoms with Crippen molar-refractivity contribution in [3.8, 4) is 11.8 Å². The highest BCUT2D eigenvalue weighted by Gasteiger charge is 2.67. The number of carbonyl (C=O) groups is 1. The molecule has 1 aromatic carbocycles. The van der Waals surface area contributed by atoms with Gasteiger partial charge in [0.05, 0.1) is 0 Å². The maximum atomic E-state index is 12.4. The number of hydrogen-bond donors (Lipinski definition) is 1. The van der Waals surface area contributed by atoms with E-state index in [1.807, 2.05) is 6.08 Å². The number of hydrogen-bond acceptors (Lipinski definition) is 3. The van der Waals surface area contributed by atoms with Crippen molar-refractivity contribution < 1.29 is 9.90 Å². The Labute approximate surface area is 231 Å². The molecule has 206 valence electrons. The van der Waals surface area contributed by atoms with E-state index in [1.54, 1.807) is 0 Å². The maximum Gasteiger partial charge on any atom is 0.155 e. The molecule has 1 N–H and O–H groups in total. The molecule has 3 nitrogen and oxygen atoms in total. The monoisotopic (exact) mass is 515 g/mol. The minimum atomic E-state index is -0.982. The van der Waals surface area contributed by atoms with E-state index in [-0.39, 0.29) is 16.7 Å². The Morgan fingerprint density at radius 3 is 2.39 bits per heavy atom. The summed E-state index contributed by atoms with van der Waals surface area (Å²) >= 11 is 0. The van der Waals surface area contributed by atoms with Crippen molar-refractivity contribution in [2.75, 3.05) is 11.9 Å². The van der Waals surface area contributed by atoms with Crippen LogP contribution in [0.2, 0.25) is 0 Å². The summed E-state index contributed by atoms with van der Waals surface area (Å²) in [5.41, 5.74) is 2.67.